The van der Waals surface area contributed by atoms with E-state index in [1.54, 1.807) is 12.3 Å². The molecule has 1 atom stereocenters. The number of fused-ring (bicyclic) bond motifs is 2. The van der Waals surface area contributed by atoms with Crippen LogP contribution in [0.25, 0.3) is 16.6 Å². The molecule has 1 amide bonds. The standard InChI is InChI=1S/C23H20Cl2N6O/c1-12-21(23-29-18-11-15(28-13(2)32)5-7-19(18)30(23)3)22(31-20(27-12)8-9-26-31)14-4-6-16(24)17(25)10-14/h4-11,22,27H,1-3H3,(H,28,32). The number of anilines is 2. The molecule has 0 bridgehead atoms. The summed E-state index contributed by atoms with van der Waals surface area (Å²) in [6.07, 6.45) is 1.76. The van der Waals surface area contributed by atoms with Crippen molar-refractivity contribution in [1.82, 2.24) is 19.3 Å². The van der Waals surface area contributed by atoms with Crippen molar-refractivity contribution < 1.29 is 4.79 Å². The SMILES string of the molecule is CC(=O)Nc1ccc2c(c1)nc(C1=C(C)Nc3ccnn3C1c1ccc(Cl)c(Cl)c1)n2C. The Morgan fingerprint density at radius 2 is 1.94 bits per heavy atom. The first-order valence-corrected chi connectivity index (χ1v) is 10.8. The molecular formula is C23H20Cl2N6O. The lowest BCUT2D eigenvalue weighted by atomic mass is 9.95. The van der Waals surface area contributed by atoms with E-state index in [0.29, 0.717) is 15.7 Å². The van der Waals surface area contributed by atoms with Gasteiger partial charge in [-0.2, -0.15) is 5.10 Å². The molecule has 1 aliphatic rings. The van der Waals surface area contributed by atoms with Crippen LogP contribution in [0.4, 0.5) is 11.5 Å². The molecule has 9 heteroatoms. The van der Waals surface area contributed by atoms with Crippen molar-refractivity contribution in [3.05, 3.63) is 75.8 Å². The topological polar surface area (TPSA) is 76.8 Å². The van der Waals surface area contributed by atoms with E-state index in [1.807, 2.05) is 59.6 Å². The summed E-state index contributed by atoms with van der Waals surface area (Å²) < 4.78 is 3.97. The zero-order valence-corrected chi connectivity index (χ0v) is 19.2. The number of imidazole rings is 1. The fourth-order valence-corrected chi connectivity index (χ4v) is 4.51. The van der Waals surface area contributed by atoms with Crippen molar-refractivity contribution in [3.8, 4) is 0 Å². The van der Waals surface area contributed by atoms with Crippen LogP contribution in [0.1, 0.15) is 31.3 Å². The zero-order chi connectivity index (χ0) is 22.6. The maximum absolute atomic E-state index is 11.5. The number of carbonyl (C=O) groups excluding carboxylic acids is 1. The van der Waals surface area contributed by atoms with Crippen LogP contribution in [0.3, 0.4) is 0 Å². The number of aryl methyl sites for hydroxylation is 1. The largest absolute Gasteiger partial charge is 0.344 e. The van der Waals surface area contributed by atoms with Crippen molar-refractivity contribution in [2.45, 2.75) is 19.9 Å². The van der Waals surface area contributed by atoms with Gasteiger partial charge >= 0.3 is 0 Å². The van der Waals surface area contributed by atoms with E-state index in [1.165, 1.54) is 6.92 Å². The summed E-state index contributed by atoms with van der Waals surface area (Å²) in [6.45, 7) is 3.51. The Balaban J connectivity index is 1.71. The predicted octanol–water partition coefficient (Wildman–Crippen LogP) is 5.48. The van der Waals surface area contributed by atoms with Gasteiger partial charge < -0.3 is 15.2 Å². The third-order valence-electron chi connectivity index (χ3n) is 5.61. The Morgan fingerprint density at radius 1 is 1.12 bits per heavy atom. The van der Waals surface area contributed by atoms with Crippen LogP contribution in [0.5, 0.6) is 0 Å². The molecule has 7 nitrogen and oxygen atoms in total. The first kappa shape index (κ1) is 20.6. The molecule has 0 radical (unpaired) electrons. The quantitative estimate of drug-likeness (QED) is 0.418. The fraction of sp³-hybridized carbons (Fsp3) is 0.174. The van der Waals surface area contributed by atoms with Gasteiger partial charge in [-0.1, -0.05) is 29.3 Å². The van der Waals surface area contributed by atoms with E-state index >= 15 is 0 Å². The molecule has 2 N–H and O–H groups in total. The molecule has 0 saturated carbocycles. The number of aromatic nitrogens is 4. The van der Waals surface area contributed by atoms with Gasteiger partial charge in [0.05, 0.1) is 27.3 Å². The number of allylic oxidation sites excluding steroid dienone is 2. The van der Waals surface area contributed by atoms with E-state index in [9.17, 15) is 4.79 Å². The highest BCUT2D eigenvalue weighted by molar-refractivity contribution is 6.42. The molecule has 32 heavy (non-hydrogen) atoms. The number of hydrogen-bond donors (Lipinski definition) is 2. The number of nitrogens with zero attached hydrogens (tertiary/aromatic N) is 4. The number of hydrogen-bond acceptors (Lipinski definition) is 4. The summed E-state index contributed by atoms with van der Waals surface area (Å²) in [4.78, 5) is 16.4. The minimum absolute atomic E-state index is 0.124. The van der Waals surface area contributed by atoms with Crippen molar-refractivity contribution in [1.29, 1.82) is 0 Å². The first-order valence-electron chi connectivity index (χ1n) is 10.0. The molecule has 0 saturated heterocycles. The highest BCUT2D eigenvalue weighted by atomic mass is 35.5. The van der Waals surface area contributed by atoms with Crippen molar-refractivity contribution in [3.63, 3.8) is 0 Å². The third-order valence-corrected chi connectivity index (χ3v) is 6.35. The second kappa shape index (κ2) is 7.69. The van der Waals surface area contributed by atoms with Gasteiger partial charge in [0, 0.05) is 37.0 Å². The molecule has 3 heterocycles. The molecule has 4 aromatic rings. The average Bonchev–Trinajstić information content (AvgIpc) is 3.32. The highest BCUT2D eigenvalue weighted by Gasteiger charge is 2.32. The van der Waals surface area contributed by atoms with Gasteiger partial charge in [0.25, 0.3) is 0 Å². The lowest BCUT2D eigenvalue weighted by Gasteiger charge is -2.30. The average molecular weight is 467 g/mol. The lowest BCUT2D eigenvalue weighted by Crippen LogP contribution is -2.25. The number of benzene rings is 2. The van der Waals surface area contributed by atoms with Gasteiger partial charge in [0.2, 0.25) is 5.91 Å². The Kier molecular flexibility index (Phi) is 4.95. The summed E-state index contributed by atoms with van der Waals surface area (Å²) >= 11 is 12.6. The number of amides is 1. The van der Waals surface area contributed by atoms with E-state index in [4.69, 9.17) is 28.2 Å². The Bertz CT molecular complexity index is 1420. The van der Waals surface area contributed by atoms with Crippen LogP contribution in [-0.2, 0) is 11.8 Å². The normalized spacial score (nSPS) is 15.6. The van der Waals surface area contributed by atoms with E-state index in [-0.39, 0.29) is 11.9 Å². The fourth-order valence-electron chi connectivity index (χ4n) is 4.21. The molecule has 1 unspecified atom stereocenters. The number of carbonyl (C=O) groups is 1. The number of rotatable bonds is 3. The van der Waals surface area contributed by atoms with Gasteiger partial charge in [0.15, 0.2) is 0 Å². The first-order chi connectivity index (χ1) is 15.3. The minimum atomic E-state index is -0.249. The number of nitrogens with one attached hydrogen (secondary N) is 2. The smallest absolute Gasteiger partial charge is 0.221 e. The Hall–Kier alpha value is -3.29. The molecule has 0 fully saturated rings. The Morgan fingerprint density at radius 3 is 2.69 bits per heavy atom. The van der Waals surface area contributed by atoms with Crippen LogP contribution in [0.2, 0.25) is 10.0 Å². The minimum Gasteiger partial charge on any atom is -0.344 e. The summed E-state index contributed by atoms with van der Waals surface area (Å²) in [5.74, 6) is 1.55. The summed E-state index contributed by atoms with van der Waals surface area (Å²) in [6, 6.07) is 13.0. The number of halogens is 2. The summed E-state index contributed by atoms with van der Waals surface area (Å²) in [7, 11) is 1.98. The van der Waals surface area contributed by atoms with Crippen LogP contribution < -0.4 is 10.6 Å². The zero-order valence-electron chi connectivity index (χ0n) is 17.6. The van der Waals surface area contributed by atoms with Crippen LogP contribution in [0.15, 0.2) is 54.4 Å². The second-order valence-corrected chi connectivity index (χ2v) is 8.59. The molecule has 0 aliphatic carbocycles. The van der Waals surface area contributed by atoms with E-state index < -0.39 is 0 Å². The van der Waals surface area contributed by atoms with Crippen LogP contribution in [-0.4, -0.2) is 25.2 Å². The molecule has 2 aromatic heterocycles. The molecule has 1 aliphatic heterocycles. The van der Waals surface area contributed by atoms with Gasteiger partial charge in [-0.25, -0.2) is 9.67 Å². The maximum Gasteiger partial charge on any atom is 0.221 e. The molecule has 162 valence electrons. The second-order valence-electron chi connectivity index (χ2n) is 7.78. The monoisotopic (exact) mass is 466 g/mol. The summed E-state index contributed by atoms with van der Waals surface area (Å²) in [5.41, 5.74) is 5.33. The molecular weight excluding hydrogens is 447 g/mol. The van der Waals surface area contributed by atoms with Crippen molar-refractivity contribution >= 4 is 57.2 Å². The predicted molar refractivity (Wildman–Crippen MR) is 128 cm³/mol. The van der Waals surface area contributed by atoms with E-state index in [2.05, 4.69) is 15.7 Å². The molecule has 2 aromatic carbocycles. The van der Waals surface area contributed by atoms with Gasteiger partial charge in [-0.15, -0.1) is 0 Å². The maximum atomic E-state index is 11.5. The Labute approximate surface area is 194 Å². The summed E-state index contributed by atoms with van der Waals surface area (Å²) in [5, 5.41) is 11.8. The highest BCUT2D eigenvalue weighted by Crippen LogP contribution is 2.42. The van der Waals surface area contributed by atoms with Crippen LogP contribution in [0, 0.1) is 0 Å². The van der Waals surface area contributed by atoms with Crippen LogP contribution >= 0.6 is 23.2 Å². The third kappa shape index (κ3) is 3.34. The van der Waals surface area contributed by atoms with Crippen molar-refractivity contribution in [2.24, 2.45) is 7.05 Å². The van der Waals surface area contributed by atoms with Gasteiger partial charge in [-0.3, -0.25) is 4.79 Å². The molecule has 5 rings (SSSR count). The van der Waals surface area contributed by atoms with Crippen molar-refractivity contribution in [2.75, 3.05) is 10.6 Å². The lowest BCUT2D eigenvalue weighted by molar-refractivity contribution is -0.114. The molecule has 0 spiro atoms. The van der Waals surface area contributed by atoms with Gasteiger partial charge in [0.1, 0.15) is 17.7 Å². The van der Waals surface area contributed by atoms with Gasteiger partial charge in [-0.05, 0) is 42.8 Å². The van der Waals surface area contributed by atoms with E-state index in [0.717, 1.165) is 39.5 Å².